The first kappa shape index (κ1) is 12.1. The standard InChI is InChI=1S/C13H17NO3S/c14-13(6-1-7-13)10-2-4-11(5-3-10)18(15,16)12-8-17-9-12/h2-5,12H,1,6-9,14H2. The van der Waals surface area contributed by atoms with Crippen LogP contribution in [0.5, 0.6) is 0 Å². The lowest BCUT2D eigenvalue weighted by Crippen LogP contribution is -2.43. The Morgan fingerprint density at radius 1 is 1.17 bits per heavy atom. The molecule has 18 heavy (non-hydrogen) atoms. The maximum Gasteiger partial charge on any atom is 0.185 e. The highest BCUT2D eigenvalue weighted by molar-refractivity contribution is 7.92. The molecule has 1 heterocycles. The summed E-state index contributed by atoms with van der Waals surface area (Å²) in [5.41, 5.74) is 7.02. The summed E-state index contributed by atoms with van der Waals surface area (Å²) in [5, 5.41) is -0.376. The van der Waals surface area contributed by atoms with E-state index in [1.54, 1.807) is 12.1 Å². The van der Waals surface area contributed by atoms with Crippen molar-refractivity contribution in [2.45, 2.75) is 34.9 Å². The molecular formula is C13H17NO3S. The first-order chi connectivity index (χ1) is 8.52. The number of hydrogen-bond acceptors (Lipinski definition) is 4. The van der Waals surface area contributed by atoms with Gasteiger partial charge in [0.15, 0.2) is 9.84 Å². The predicted molar refractivity (Wildman–Crippen MR) is 68.0 cm³/mol. The van der Waals surface area contributed by atoms with E-state index in [0.717, 1.165) is 24.8 Å². The van der Waals surface area contributed by atoms with E-state index in [2.05, 4.69) is 0 Å². The molecule has 2 aliphatic rings. The van der Waals surface area contributed by atoms with E-state index in [0.29, 0.717) is 18.1 Å². The van der Waals surface area contributed by atoms with Gasteiger partial charge in [0.25, 0.3) is 0 Å². The van der Waals surface area contributed by atoms with E-state index in [1.165, 1.54) is 0 Å². The van der Waals surface area contributed by atoms with Crippen molar-refractivity contribution in [2.75, 3.05) is 13.2 Å². The SMILES string of the molecule is NC1(c2ccc(S(=O)(=O)C3COC3)cc2)CCC1. The van der Waals surface area contributed by atoms with Gasteiger partial charge in [0.2, 0.25) is 0 Å². The Kier molecular flexibility index (Phi) is 2.73. The van der Waals surface area contributed by atoms with Crippen LogP contribution in [0, 0.1) is 0 Å². The maximum atomic E-state index is 12.1. The van der Waals surface area contributed by atoms with Gasteiger partial charge in [0.1, 0.15) is 5.25 Å². The molecule has 5 heteroatoms. The lowest BCUT2D eigenvalue weighted by Gasteiger charge is -2.38. The van der Waals surface area contributed by atoms with Crippen molar-refractivity contribution < 1.29 is 13.2 Å². The smallest absolute Gasteiger partial charge is 0.185 e. The maximum absolute atomic E-state index is 12.1. The fraction of sp³-hybridized carbons (Fsp3) is 0.538. The molecule has 1 saturated carbocycles. The minimum Gasteiger partial charge on any atom is -0.379 e. The largest absolute Gasteiger partial charge is 0.379 e. The minimum atomic E-state index is -3.22. The summed E-state index contributed by atoms with van der Waals surface area (Å²) >= 11 is 0. The molecule has 98 valence electrons. The number of sulfone groups is 1. The van der Waals surface area contributed by atoms with E-state index >= 15 is 0 Å². The Morgan fingerprint density at radius 3 is 2.17 bits per heavy atom. The Bertz CT molecular complexity index is 542. The monoisotopic (exact) mass is 267 g/mol. The Labute approximate surface area is 107 Å². The van der Waals surface area contributed by atoms with Crippen LogP contribution in [0.1, 0.15) is 24.8 Å². The fourth-order valence-electron chi connectivity index (χ4n) is 2.41. The molecule has 1 aromatic carbocycles. The Morgan fingerprint density at radius 2 is 1.78 bits per heavy atom. The number of nitrogens with two attached hydrogens (primary N) is 1. The van der Waals surface area contributed by atoms with E-state index < -0.39 is 9.84 Å². The third kappa shape index (κ3) is 1.77. The van der Waals surface area contributed by atoms with Crippen molar-refractivity contribution in [3.63, 3.8) is 0 Å². The summed E-state index contributed by atoms with van der Waals surface area (Å²) < 4.78 is 29.2. The number of benzene rings is 1. The van der Waals surface area contributed by atoms with Crippen LogP contribution in [0.15, 0.2) is 29.2 Å². The van der Waals surface area contributed by atoms with E-state index in [9.17, 15) is 8.42 Å². The second kappa shape index (κ2) is 4.05. The molecule has 2 fully saturated rings. The lowest BCUT2D eigenvalue weighted by molar-refractivity contribution is 0.0416. The van der Waals surface area contributed by atoms with Crippen LogP contribution in [0.4, 0.5) is 0 Å². The lowest BCUT2D eigenvalue weighted by atomic mass is 9.73. The molecule has 0 radical (unpaired) electrons. The number of hydrogen-bond donors (Lipinski definition) is 1. The van der Waals surface area contributed by atoms with Crippen LogP contribution in [0.2, 0.25) is 0 Å². The normalized spacial score (nSPS) is 23.2. The summed E-state index contributed by atoms with van der Waals surface area (Å²) in [6, 6.07) is 7.06. The minimum absolute atomic E-state index is 0.234. The molecule has 0 aromatic heterocycles. The molecule has 1 aromatic rings. The topological polar surface area (TPSA) is 69.4 Å². The van der Waals surface area contributed by atoms with Gasteiger partial charge in [0, 0.05) is 5.54 Å². The van der Waals surface area contributed by atoms with Crippen LogP contribution in [0.3, 0.4) is 0 Å². The zero-order valence-corrected chi connectivity index (χ0v) is 10.9. The number of rotatable bonds is 3. The van der Waals surface area contributed by atoms with Gasteiger partial charge in [0.05, 0.1) is 18.1 Å². The van der Waals surface area contributed by atoms with Gasteiger partial charge in [-0.3, -0.25) is 0 Å². The third-order valence-electron chi connectivity index (χ3n) is 4.05. The zero-order valence-electron chi connectivity index (χ0n) is 10.1. The predicted octanol–water partition coefficient (Wildman–Crippen LogP) is 1.20. The molecule has 1 saturated heterocycles. The van der Waals surface area contributed by atoms with Crippen LogP contribution in [-0.4, -0.2) is 26.9 Å². The average molecular weight is 267 g/mol. The van der Waals surface area contributed by atoms with Crippen LogP contribution in [0.25, 0.3) is 0 Å². The quantitative estimate of drug-likeness (QED) is 0.893. The molecule has 4 nitrogen and oxygen atoms in total. The highest BCUT2D eigenvalue weighted by atomic mass is 32.2. The van der Waals surface area contributed by atoms with Crippen molar-refractivity contribution in [3.8, 4) is 0 Å². The third-order valence-corrected chi connectivity index (χ3v) is 6.13. The molecule has 3 rings (SSSR count). The van der Waals surface area contributed by atoms with E-state index in [4.69, 9.17) is 10.5 Å². The molecule has 0 bridgehead atoms. The Hall–Kier alpha value is -0.910. The van der Waals surface area contributed by atoms with Gasteiger partial charge in [-0.2, -0.15) is 0 Å². The van der Waals surface area contributed by atoms with Gasteiger partial charge in [-0.25, -0.2) is 8.42 Å². The fourth-order valence-corrected chi connectivity index (χ4v) is 3.86. The Balaban J connectivity index is 1.87. The molecule has 2 N–H and O–H groups in total. The highest BCUT2D eigenvalue weighted by Gasteiger charge is 2.36. The first-order valence-corrected chi connectivity index (χ1v) is 7.78. The highest BCUT2D eigenvalue weighted by Crippen LogP contribution is 2.38. The molecule has 0 unspecified atom stereocenters. The molecular weight excluding hydrogens is 250 g/mol. The molecule has 0 atom stereocenters. The second-order valence-corrected chi connectivity index (χ2v) is 7.47. The van der Waals surface area contributed by atoms with Crippen LogP contribution < -0.4 is 5.73 Å². The van der Waals surface area contributed by atoms with Crippen molar-refractivity contribution in [1.29, 1.82) is 0 Å². The summed E-state index contributed by atoms with van der Waals surface area (Å²) in [4.78, 5) is 0.377. The first-order valence-electron chi connectivity index (χ1n) is 6.23. The summed E-state index contributed by atoms with van der Waals surface area (Å²) in [6.45, 7) is 0.621. The summed E-state index contributed by atoms with van der Waals surface area (Å²) in [5.74, 6) is 0. The van der Waals surface area contributed by atoms with Crippen molar-refractivity contribution in [2.24, 2.45) is 5.73 Å². The summed E-state index contributed by atoms with van der Waals surface area (Å²) in [7, 11) is -3.22. The molecule has 1 aliphatic carbocycles. The van der Waals surface area contributed by atoms with Gasteiger partial charge in [-0.15, -0.1) is 0 Å². The number of ether oxygens (including phenoxy) is 1. The average Bonchev–Trinajstić information content (AvgIpc) is 2.23. The second-order valence-electron chi connectivity index (χ2n) is 5.24. The molecule has 0 amide bonds. The van der Waals surface area contributed by atoms with Gasteiger partial charge >= 0.3 is 0 Å². The van der Waals surface area contributed by atoms with Gasteiger partial charge in [-0.1, -0.05) is 12.1 Å². The van der Waals surface area contributed by atoms with Crippen molar-refractivity contribution >= 4 is 9.84 Å². The summed E-state index contributed by atoms with van der Waals surface area (Å²) in [6.07, 6.45) is 3.11. The van der Waals surface area contributed by atoms with Crippen LogP contribution >= 0.6 is 0 Å². The van der Waals surface area contributed by atoms with Crippen molar-refractivity contribution in [1.82, 2.24) is 0 Å². The van der Waals surface area contributed by atoms with E-state index in [1.807, 2.05) is 12.1 Å². The zero-order chi connectivity index (χ0) is 12.8. The molecule has 1 aliphatic heterocycles. The van der Waals surface area contributed by atoms with Gasteiger partial charge in [-0.05, 0) is 37.0 Å². The van der Waals surface area contributed by atoms with Gasteiger partial charge < -0.3 is 10.5 Å². The molecule has 0 spiro atoms. The van der Waals surface area contributed by atoms with Crippen molar-refractivity contribution in [3.05, 3.63) is 29.8 Å². The van der Waals surface area contributed by atoms with E-state index in [-0.39, 0.29) is 10.8 Å². The van der Waals surface area contributed by atoms with Crippen LogP contribution in [-0.2, 0) is 20.1 Å².